The minimum atomic E-state index is -3.62. The van der Waals surface area contributed by atoms with Crippen LogP contribution in [0.1, 0.15) is 94.4 Å². The lowest BCUT2D eigenvalue weighted by molar-refractivity contribution is 0.0127. The van der Waals surface area contributed by atoms with Crippen molar-refractivity contribution in [2.75, 3.05) is 44.4 Å². The molecule has 0 radical (unpaired) electrons. The Labute approximate surface area is 270 Å². The van der Waals surface area contributed by atoms with Gasteiger partial charge in [0.25, 0.3) is 0 Å². The van der Waals surface area contributed by atoms with E-state index in [9.17, 15) is 13.5 Å². The summed E-state index contributed by atoms with van der Waals surface area (Å²) in [6, 6.07) is 13.6. The zero-order valence-corrected chi connectivity index (χ0v) is 28.5. The molecule has 2 aromatic carbocycles. The second-order valence-corrected chi connectivity index (χ2v) is 14.9. The Morgan fingerprint density at radius 1 is 1.00 bits per heavy atom. The van der Waals surface area contributed by atoms with Crippen molar-refractivity contribution < 1.29 is 18.3 Å². The van der Waals surface area contributed by atoms with E-state index in [-0.39, 0.29) is 5.75 Å². The van der Waals surface area contributed by atoms with E-state index < -0.39 is 27.3 Å². The van der Waals surface area contributed by atoms with Gasteiger partial charge < -0.3 is 25.0 Å². The Kier molecular flexibility index (Phi) is 12.9. The van der Waals surface area contributed by atoms with Crippen molar-refractivity contribution in [1.29, 1.82) is 0 Å². The molecule has 0 saturated carbocycles. The number of nitrogens with one attached hydrogen (secondary N) is 2. The predicted molar refractivity (Wildman–Crippen MR) is 183 cm³/mol. The van der Waals surface area contributed by atoms with E-state index >= 15 is 0 Å². The first kappa shape index (κ1) is 35.0. The summed E-state index contributed by atoms with van der Waals surface area (Å²) in [6.45, 7) is 6.81. The second-order valence-electron chi connectivity index (χ2n) is 12.9. The summed E-state index contributed by atoms with van der Waals surface area (Å²) in [5, 5.41) is 15.8. The van der Waals surface area contributed by atoms with Crippen LogP contribution in [0.5, 0.6) is 5.75 Å². The van der Waals surface area contributed by atoms with Crippen LogP contribution in [0.25, 0.3) is 0 Å². The number of imidazole rings is 1. The summed E-state index contributed by atoms with van der Waals surface area (Å²) in [5.41, 5.74) is 2.97. The van der Waals surface area contributed by atoms with Crippen LogP contribution >= 0.6 is 0 Å². The third-order valence-corrected chi connectivity index (χ3v) is 11.3. The predicted octanol–water partition coefficient (Wildman–Crippen LogP) is 6.50. The number of ether oxygens (including phenoxy) is 1. The molecule has 2 heterocycles. The molecule has 1 aliphatic rings. The van der Waals surface area contributed by atoms with Gasteiger partial charge in [-0.2, -0.15) is 0 Å². The molecule has 8 nitrogen and oxygen atoms in total. The number of rotatable bonds is 18. The lowest BCUT2D eigenvalue weighted by atomic mass is 9.68. The van der Waals surface area contributed by atoms with Crippen LogP contribution in [0.3, 0.4) is 0 Å². The number of aliphatic hydroxyl groups is 1. The first-order valence-corrected chi connectivity index (χ1v) is 18.5. The first-order chi connectivity index (χ1) is 21.7. The molecule has 248 valence electrons. The fourth-order valence-corrected chi connectivity index (χ4v) is 8.84. The molecule has 3 N–H and O–H groups in total. The maximum Gasteiger partial charge on any atom is 0.179 e. The lowest BCUT2D eigenvalue weighted by Crippen LogP contribution is -2.43. The molecule has 0 saturated heterocycles. The molecule has 0 aliphatic carbocycles. The molecule has 1 aromatic heterocycles. The Bertz CT molecular complexity index is 1400. The summed E-state index contributed by atoms with van der Waals surface area (Å²) in [7, 11) is 0.291. The molecule has 45 heavy (non-hydrogen) atoms. The molecule has 9 heteroatoms. The average molecular weight is 639 g/mol. The van der Waals surface area contributed by atoms with Gasteiger partial charge in [0, 0.05) is 56.0 Å². The fraction of sp³-hybridized carbons (Fsp3) is 0.583. The van der Waals surface area contributed by atoms with Gasteiger partial charge in [0.05, 0.1) is 29.7 Å². The monoisotopic (exact) mass is 638 g/mol. The smallest absolute Gasteiger partial charge is 0.179 e. The van der Waals surface area contributed by atoms with Crippen molar-refractivity contribution in [3.05, 3.63) is 71.8 Å². The summed E-state index contributed by atoms with van der Waals surface area (Å²) in [4.78, 5) is 9.51. The van der Waals surface area contributed by atoms with E-state index in [0.29, 0.717) is 29.9 Å². The van der Waals surface area contributed by atoms with Crippen LogP contribution in [-0.2, 0) is 16.3 Å². The highest BCUT2D eigenvalue weighted by Crippen LogP contribution is 2.50. The zero-order valence-electron chi connectivity index (χ0n) is 27.7. The highest BCUT2D eigenvalue weighted by Gasteiger charge is 2.49. The Morgan fingerprint density at radius 3 is 2.38 bits per heavy atom. The van der Waals surface area contributed by atoms with E-state index in [1.165, 1.54) is 0 Å². The van der Waals surface area contributed by atoms with Crippen LogP contribution in [0.4, 0.5) is 5.69 Å². The van der Waals surface area contributed by atoms with Gasteiger partial charge >= 0.3 is 0 Å². The summed E-state index contributed by atoms with van der Waals surface area (Å²) in [5.74, 6) is 0.311. The van der Waals surface area contributed by atoms with Crippen molar-refractivity contribution in [3.63, 3.8) is 0 Å². The van der Waals surface area contributed by atoms with Crippen LogP contribution in [-0.4, -0.2) is 69.1 Å². The zero-order chi connectivity index (χ0) is 32.3. The molecule has 0 fully saturated rings. The van der Waals surface area contributed by atoms with Crippen molar-refractivity contribution >= 4 is 15.5 Å². The highest BCUT2D eigenvalue weighted by atomic mass is 32.2. The van der Waals surface area contributed by atoms with E-state index in [2.05, 4.69) is 29.1 Å². The van der Waals surface area contributed by atoms with Gasteiger partial charge in [-0.15, -0.1) is 0 Å². The van der Waals surface area contributed by atoms with Gasteiger partial charge in [0.1, 0.15) is 5.75 Å². The van der Waals surface area contributed by atoms with E-state index in [1.807, 2.05) is 61.6 Å². The maximum absolute atomic E-state index is 14.0. The number of sulfone groups is 1. The van der Waals surface area contributed by atoms with Crippen molar-refractivity contribution in [2.45, 2.75) is 95.0 Å². The SMILES string of the molecule is CCCCC1(CCCC)CS(=O)(=O)c2ccc(N(C)C)cc2[C@@H](c2ccc(OCCCCCNCCc3cnc[nH]3)cc2)C1O. The molecule has 3 aromatic rings. The number of hydrogen-bond donors (Lipinski definition) is 3. The number of fused-ring (bicyclic) bond motifs is 1. The fourth-order valence-electron chi connectivity index (χ4n) is 6.65. The quantitative estimate of drug-likeness (QED) is 0.137. The highest BCUT2D eigenvalue weighted by molar-refractivity contribution is 7.91. The van der Waals surface area contributed by atoms with E-state index in [4.69, 9.17) is 4.74 Å². The largest absolute Gasteiger partial charge is 0.494 e. The van der Waals surface area contributed by atoms with Gasteiger partial charge in [0.15, 0.2) is 9.84 Å². The molecule has 2 atom stereocenters. The van der Waals surface area contributed by atoms with Crippen LogP contribution in [0, 0.1) is 5.41 Å². The van der Waals surface area contributed by atoms with E-state index in [0.717, 1.165) is 87.2 Å². The normalized spacial score (nSPS) is 18.7. The number of aromatic amines is 1. The average Bonchev–Trinajstić information content (AvgIpc) is 3.53. The van der Waals surface area contributed by atoms with Gasteiger partial charge in [-0.25, -0.2) is 13.4 Å². The number of anilines is 1. The van der Waals surface area contributed by atoms with Gasteiger partial charge in [-0.05, 0) is 80.1 Å². The number of unbranched alkanes of at least 4 members (excludes halogenated alkanes) is 4. The Balaban J connectivity index is 1.48. The number of H-pyrrole nitrogens is 1. The van der Waals surface area contributed by atoms with Gasteiger partial charge in [-0.1, -0.05) is 51.7 Å². The minimum Gasteiger partial charge on any atom is -0.494 e. The van der Waals surface area contributed by atoms with Gasteiger partial charge in [0.2, 0.25) is 0 Å². The standard InChI is InChI=1S/C36H54N4O4S/c1-5-7-19-36(20-8-6-2)26-45(42,43)33-17-14-30(40(3)4)24-32(33)34(35(36)41)28-12-15-31(16-13-28)44-23-11-9-10-21-37-22-18-29-25-38-27-39-29/h12-17,24-25,27,34-35,37,41H,5-11,18-23,26H2,1-4H3,(H,38,39)/t34-,35?/m1/s1. The molecule has 0 amide bonds. The third kappa shape index (κ3) is 9.11. The van der Waals surface area contributed by atoms with Crippen LogP contribution in [0.15, 0.2) is 59.9 Å². The molecule has 4 rings (SSSR count). The van der Waals surface area contributed by atoms with Crippen molar-refractivity contribution in [2.24, 2.45) is 5.41 Å². The molecular formula is C36H54N4O4S. The topological polar surface area (TPSA) is 108 Å². The van der Waals surface area contributed by atoms with Crippen molar-refractivity contribution in [3.8, 4) is 5.75 Å². The number of aliphatic hydroxyl groups excluding tert-OH is 1. The number of aromatic nitrogens is 2. The summed E-state index contributed by atoms with van der Waals surface area (Å²) < 4.78 is 34.1. The Hall–Kier alpha value is -2.88. The Morgan fingerprint density at radius 2 is 1.73 bits per heavy atom. The second kappa shape index (κ2) is 16.6. The van der Waals surface area contributed by atoms with Crippen LogP contribution in [0.2, 0.25) is 0 Å². The van der Waals surface area contributed by atoms with Crippen LogP contribution < -0.4 is 15.0 Å². The van der Waals surface area contributed by atoms with Gasteiger partial charge in [-0.3, -0.25) is 0 Å². The summed E-state index contributed by atoms with van der Waals surface area (Å²) in [6.07, 6.45) is 11.9. The third-order valence-electron chi connectivity index (χ3n) is 9.29. The minimum absolute atomic E-state index is 0.0209. The molecule has 0 bridgehead atoms. The van der Waals surface area contributed by atoms with E-state index in [1.54, 1.807) is 12.4 Å². The molecule has 1 unspecified atom stereocenters. The number of nitrogens with zero attached hydrogens (tertiary/aromatic N) is 2. The first-order valence-electron chi connectivity index (χ1n) is 16.8. The lowest BCUT2D eigenvalue weighted by Gasteiger charge is -2.40. The number of hydrogen-bond acceptors (Lipinski definition) is 7. The molecular weight excluding hydrogens is 584 g/mol. The molecule has 1 aliphatic heterocycles. The van der Waals surface area contributed by atoms with Crippen molar-refractivity contribution in [1.82, 2.24) is 15.3 Å². The maximum atomic E-state index is 14.0. The number of benzene rings is 2. The molecule has 0 spiro atoms. The summed E-state index contributed by atoms with van der Waals surface area (Å²) >= 11 is 0.